The quantitative estimate of drug-likeness (QED) is 0.526. The zero-order valence-electron chi connectivity index (χ0n) is 12.8. The van der Waals surface area contributed by atoms with E-state index in [1.54, 1.807) is 47.2 Å². The first-order chi connectivity index (χ1) is 11.8. The molecule has 3 aromatic rings. The molecule has 0 saturated heterocycles. The van der Waals surface area contributed by atoms with Crippen LogP contribution in [0.2, 0.25) is 0 Å². The fraction of sp³-hybridized carbons (Fsp3) is 0.0526. The van der Waals surface area contributed by atoms with Crippen LogP contribution in [-0.2, 0) is 11.4 Å². The summed E-state index contributed by atoms with van der Waals surface area (Å²) in [5.74, 6) is -0.313. The minimum atomic E-state index is -0.313. The van der Waals surface area contributed by atoms with Crippen molar-refractivity contribution in [2.75, 3.05) is 0 Å². The molecule has 0 bridgehead atoms. The van der Waals surface area contributed by atoms with E-state index in [4.69, 9.17) is 10.1 Å². The van der Waals surface area contributed by atoms with Crippen molar-refractivity contribution in [2.45, 2.75) is 6.61 Å². The minimum Gasteiger partial charge on any atom is -0.391 e. The maximum absolute atomic E-state index is 13.9. The molecule has 0 unspecified atom stereocenters. The molecule has 0 aliphatic heterocycles. The Morgan fingerprint density at radius 2 is 1.88 bits per heavy atom. The first-order valence-corrected chi connectivity index (χ1v) is 7.35. The van der Waals surface area contributed by atoms with Crippen LogP contribution in [0.25, 0.3) is 5.69 Å². The van der Waals surface area contributed by atoms with Crippen molar-refractivity contribution in [2.24, 2.45) is 5.16 Å². The van der Waals surface area contributed by atoms with Gasteiger partial charge < -0.3 is 9.40 Å². The predicted octanol–water partition coefficient (Wildman–Crippen LogP) is 4.04. The number of aromatic nitrogens is 1. The van der Waals surface area contributed by atoms with Crippen LogP contribution in [0.15, 0.2) is 72.0 Å². The highest BCUT2D eigenvalue weighted by atomic mass is 19.1. The standard InChI is InChI=1S/C19H14FN3O/c20-18-9-3-4-10-19(18)23-11-5-8-17(23)13-22-24-14-16-7-2-1-6-15(16)12-21/h1-11,13H,14H2/b22-13-. The van der Waals surface area contributed by atoms with Crippen molar-refractivity contribution in [1.82, 2.24) is 4.57 Å². The molecule has 0 atom stereocenters. The number of halogens is 1. The van der Waals surface area contributed by atoms with Gasteiger partial charge in [0.15, 0.2) is 0 Å². The van der Waals surface area contributed by atoms with Gasteiger partial charge in [0.1, 0.15) is 12.4 Å². The first-order valence-electron chi connectivity index (χ1n) is 7.35. The Labute approximate surface area is 139 Å². The summed E-state index contributed by atoms with van der Waals surface area (Å²) in [6.45, 7) is 0.195. The molecule has 0 saturated carbocycles. The second-order valence-electron chi connectivity index (χ2n) is 5.03. The third-order valence-corrected chi connectivity index (χ3v) is 3.51. The number of para-hydroxylation sites is 1. The molecule has 0 fully saturated rings. The topological polar surface area (TPSA) is 50.3 Å². The molecule has 3 rings (SSSR count). The molecule has 0 N–H and O–H groups in total. The summed E-state index contributed by atoms with van der Waals surface area (Å²) in [5.41, 5.74) is 2.46. The van der Waals surface area contributed by atoms with Gasteiger partial charge in [0.2, 0.25) is 0 Å². The number of hydrogen-bond donors (Lipinski definition) is 0. The Bertz CT molecular complexity index is 909. The lowest BCUT2D eigenvalue weighted by molar-refractivity contribution is 0.132. The van der Waals surface area contributed by atoms with Crippen LogP contribution in [-0.4, -0.2) is 10.8 Å². The summed E-state index contributed by atoms with van der Waals surface area (Å²) in [7, 11) is 0. The highest BCUT2D eigenvalue weighted by Crippen LogP contribution is 2.15. The minimum absolute atomic E-state index is 0.195. The molecule has 1 heterocycles. The molecule has 118 valence electrons. The van der Waals surface area contributed by atoms with Crippen molar-refractivity contribution >= 4 is 6.21 Å². The van der Waals surface area contributed by atoms with Gasteiger partial charge in [-0.15, -0.1) is 0 Å². The van der Waals surface area contributed by atoms with Crippen LogP contribution >= 0.6 is 0 Å². The van der Waals surface area contributed by atoms with Crippen molar-refractivity contribution < 1.29 is 9.23 Å². The van der Waals surface area contributed by atoms with Gasteiger partial charge in [-0.25, -0.2) is 4.39 Å². The van der Waals surface area contributed by atoms with Gasteiger partial charge >= 0.3 is 0 Å². The number of nitrogens with zero attached hydrogens (tertiary/aromatic N) is 3. The lowest BCUT2D eigenvalue weighted by Crippen LogP contribution is -2.01. The summed E-state index contributed by atoms with van der Waals surface area (Å²) >= 11 is 0. The Kier molecular flexibility index (Phi) is 4.68. The zero-order chi connectivity index (χ0) is 16.8. The lowest BCUT2D eigenvalue weighted by atomic mass is 10.1. The van der Waals surface area contributed by atoms with Crippen molar-refractivity contribution in [3.8, 4) is 11.8 Å². The van der Waals surface area contributed by atoms with E-state index in [1.807, 2.05) is 18.2 Å². The van der Waals surface area contributed by atoms with E-state index in [1.165, 1.54) is 12.3 Å². The van der Waals surface area contributed by atoms with E-state index < -0.39 is 0 Å². The van der Waals surface area contributed by atoms with Crippen LogP contribution in [0.3, 0.4) is 0 Å². The van der Waals surface area contributed by atoms with Gasteiger partial charge in [-0.3, -0.25) is 0 Å². The molecule has 0 spiro atoms. The summed E-state index contributed by atoms with van der Waals surface area (Å²) in [4.78, 5) is 5.27. The largest absolute Gasteiger partial charge is 0.391 e. The van der Waals surface area contributed by atoms with Gasteiger partial charge in [-0.05, 0) is 30.3 Å². The van der Waals surface area contributed by atoms with E-state index in [-0.39, 0.29) is 12.4 Å². The molecule has 24 heavy (non-hydrogen) atoms. The van der Waals surface area contributed by atoms with Crippen LogP contribution in [0.5, 0.6) is 0 Å². The van der Waals surface area contributed by atoms with Crippen LogP contribution in [0.1, 0.15) is 16.8 Å². The molecule has 0 amide bonds. The molecule has 1 aromatic heterocycles. The Balaban J connectivity index is 1.72. The molecule has 4 nitrogen and oxygen atoms in total. The van der Waals surface area contributed by atoms with Gasteiger partial charge in [0.25, 0.3) is 0 Å². The third-order valence-electron chi connectivity index (χ3n) is 3.51. The summed E-state index contributed by atoms with van der Waals surface area (Å²) in [5, 5.41) is 13.0. The maximum Gasteiger partial charge on any atom is 0.147 e. The number of nitriles is 1. The van der Waals surface area contributed by atoms with Crippen molar-refractivity contribution in [3.63, 3.8) is 0 Å². The molecule has 2 aromatic carbocycles. The van der Waals surface area contributed by atoms with Crippen LogP contribution < -0.4 is 0 Å². The van der Waals surface area contributed by atoms with E-state index in [0.717, 1.165) is 5.56 Å². The number of hydrogen-bond acceptors (Lipinski definition) is 3. The van der Waals surface area contributed by atoms with Gasteiger partial charge in [-0.2, -0.15) is 5.26 Å². The molecular formula is C19H14FN3O. The van der Waals surface area contributed by atoms with Gasteiger partial charge in [-0.1, -0.05) is 35.5 Å². The Morgan fingerprint density at radius 3 is 2.71 bits per heavy atom. The fourth-order valence-electron chi connectivity index (χ4n) is 2.32. The monoisotopic (exact) mass is 319 g/mol. The zero-order valence-corrected chi connectivity index (χ0v) is 12.8. The van der Waals surface area contributed by atoms with Crippen LogP contribution in [0.4, 0.5) is 4.39 Å². The average molecular weight is 319 g/mol. The fourth-order valence-corrected chi connectivity index (χ4v) is 2.32. The second kappa shape index (κ2) is 7.25. The molecule has 5 heteroatoms. The van der Waals surface area contributed by atoms with E-state index in [9.17, 15) is 4.39 Å². The first kappa shape index (κ1) is 15.5. The van der Waals surface area contributed by atoms with Gasteiger partial charge in [0.05, 0.1) is 29.2 Å². The highest BCUT2D eigenvalue weighted by molar-refractivity contribution is 5.78. The smallest absolute Gasteiger partial charge is 0.147 e. The number of oxime groups is 1. The van der Waals surface area contributed by atoms with Crippen LogP contribution in [0, 0.1) is 17.1 Å². The number of benzene rings is 2. The molecule has 0 aliphatic carbocycles. The maximum atomic E-state index is 13.9. The Hall–Kier alpha value is -3.39. The van der Waals surface area contributed by atoms with Gasteiger partial charge in [0, 0.05) is 11.8 Å². The average Bonchev–Trinajstić information content (AvgIpc) is 3.07. The van der Waals surface area contributed by atoms with Crippen molar-refractivity contribution in [1.29, 1.82) is 5.26 Å². The van der Waals surface area contributed by atoms with E-state index in [0.29, 0.717) is 16.9 Å². The number of rotatable bonds is 5. The van der Waals surface area contributed by atoms with Crippen molar-refractivity contribution in [3.05, 3.63) is 89.5 Å². The van der Waals surface area contributed by atoms with E-state index >= 15 is 0 Å². The molecular weight excluding hydrogens is 305 g/mol. The summed E-state index contributed by atoms with van der Waals surface area (Å²) in [6, 6.07) is 19.4. The third kappa shape index (κ3) is 3.33. The summed E-state index contributed by atoms with van der Waals surface area (Å²) < 4.78 is 15.6. The predicted molar refractivity (Wildman–Crippen MR) is 89.3 cm³/mol. The second-order valence-corrected chi connectivity index (χ2v) is 5.03. The Morgan fingerprint density at radius 1 is 1.08 bits per heavy atom. The summed E-state index contributed by atoms with van der Waals surface area (Å²) in [6.07, 6.45) is 3.27. The lowest BCUT2D eigenvalue weighted by Gasteiger charge is -2.07. The SMILES string of the molecule is N#Cc1ccccc1CO/N=C\c1cccn1-c1ccccc1F. The molecule has 0 radical (unpaired) electrons. The van der Waals surface area contributed by atoms with E-state index in [2.05, 4.69) is 11.2 Å². The highest BCUT2D eigenvalue weighted by Gasteiger charge is 2.06. The molecule has 0 aliphatic rings. The normalized spacial score (nSPS) is 10.7.